The van der Waals surface area contributed by atoms with Crippen molar-refractivity contribution in [2.45, 2.75) is 13.0 Å². The zero-order chi connectivity index (χ0) is 29.5. The van der Waals surface area contributed by atoms with Crippen LogP contribution in [0.15, 0.2) is 105 Å². The zero-order valence-corrected chi connectivity index (χ0v) is 23.3. The van der Waals surface area contributed by atoms with Crippen LogP contribution >= 0.6 is 11.3 Å². The number of esters is 2. The summed E-state index contributed by atoms with van der Waals surface area (Å²) in [4.78, 5) is 59.6. The molecule has 6 rings (SSSR count). The number of hydrogen-bond acceptors (Lipinski definition) is 9. The Morgan fingerprint density at radius 3 is 2.52 bits per heavy atom. The van der Waals surface area contributed by atoms with E-state index < -0.39 is 23.5 Å². The summed E-state index contributed by atoms with van der Waals surface area (Å²) in [6, 6.07) is 15.8. The number of carbonyl (C=O) groups is 3. The fourth-order valence-electron chi connectivity index (χ4n) is 5.14. The topological polar surface area (TPSA) is 120 Å². The Morgan fingerprint density at radius 1 is 1.07 bits per heavy atom. The third kappa shape index (κ3) is 4.31. The number of para-hydroxylation sites is 1. The van der Waals surface area contributed by atoms with Gasteiger partial charge in [-0.05, 0) is 42.8 Å². The lowest BCUT2D eigenvalue weighted by atomic mass is 9.96. The molecule has 0 fully saturated rings. The van der Waals surface area contributed by atoms with E-state index in [0.717, 1.165) is 11.3 Å². The standard InChI is InChI=1S/C31H23N3O7S/c1-4-15-33-21-9-6-5-8-20(21)24(27(33)35)26-28(36)34-25(23(30(38)39-3)17(2)32-31(34)42-26)18-11-13-19(14-12-18)41-29(37)22-10-7-16-40-22/h4-14,16,25H,1,15H2,2-3H3/t25-/m1/s1. The maximum atomic E-state index is 14.2. The number of nitrogens with zero attached hydrogens (tertiary/aromatic N) is 3. The average molecular weight is 582 g/mol. The van der Waals surface area contributed by atoms with Crippen molar-refractivity contribution in [3.63, 3.8) is 0 Å². The molecule has 1 atom stereocenters. The molecule has 210 valence electrons. The molecule has 0 unspecified atom stereocenters. The summed E-state index contributed by atoms with van der Waals surface area (Å²) in [5.74, 6) is -1.34. The lowest BCUT2D eigenvalue weighted by Gasteiger charge is -2.24. The van der Waals surface area contributed by atoms with Crippen molar-refractivity contribution in [3.8, 4) is 5.75 Å². The van der Waals surface area contributed by atoms with E-state index in [1.54, 1.807) is 54.3 Å². The van der Waals surface area contributed by atoms with Crippen LogP contribution in [0, 0.1) is 0 Å². The minimum atomic E-state index is -0.908. The molecule has 0 bridgehead atoms. The van der Waals surface area contributed by atoms with Gasteiger partial charge in [-0.3, -0.25) is 14.2 Å². The molecule has 0 spiro atoms. The second-order valence-electron chi connectivity index (χ2n) is 9.43. The van der Waals surface area contributed by atoms with Gasteiger partial charge in [0.15, 0.2) is 4.80 Å². The molecule has 1 amide bonds. The van der Waals surface area contributed by atoms with Crippen LogP contribution in [-0.2, 0) is 14.3 Å². The van der Waals surface area contributed by atoms with Crippen molar-refractivity contribution in [1.82, 2.24) is 4.57 Å². The summed E-state index contributed by atoms with van der Waals surface area (Å²) in [5, 5.41) is 0. The number of thiazole rings is 1. The molecule has 4 heterocycles. The highest BCUT2D eigenvalue weighted by molar-refractivity contribution is 7.07. The van der Waals surface area contributed by atoms with Gasteiger partial charge < -0.3 is 18.8 Å². The Bertz CT molecular complexity index is 1980. The van der Waals surface area contributed by atoms with Crippen LogP contribution in [0.5, 0.6) is 5.75 Å². The number of anilines is 1. The van der Waals surface area contributed by atoms with Crippen molar-refractivity contribution in [1.29, 1.82) is 0 Å². The highest BCUT2D eigenvalue weighted by Gasteiger charge is 2.37. The van der Waals surface area contributed by atoms with Gasteiger partial charge in [-0.1, -0.05) is 47.7 Å². The van der Waals surface area contributed by atoms with Gasteiger partial charge in [0.1, 0.15) is 10.3 Å². The highest BCUT2D eigenvalue weighted by atomic mass is 32.1. The van der Waals surface area contributed by atoms with Crippen LogP contribution in [0.3, 0.4) is 0 Å². The Kier molecular flexibility index (Phi) is 6.79. The smallest absolute Gasteiger partial charge is 0.379 e. The Hall–Kier alpha value is -5.29. The van der Waals surface area contributed by atoms with Crippen molar-refractivity contribution in [2.24, 2.45) is 4.99 Å². The van der Waals surface area contributed by atoms with Crippen molar-refractivity contribution < 1.29 is 28.3 Å². The number of ether oxygens (including phenoxy) is 2. The van der Waals surface area contributed by atoms with E-state index in [1.165, 1.54) is 24.0 Å². The largest absolute Gasteiger partial charge is 0.466 e. The predicted octanol–water partition coefficient (Wildman–Crippen LogP) is 3.12. The van der Waals surface area contributed by atoms with Crippen LogP contribution in [0.25, 0.3) is 5.57 Å². The highest BCUT2D eigenvalue weighted by Crippen LogP contribution is 2.35. The first-order valence-electron chi connectivity index (χ1n) is 12.8. The molecule has 2 aliphatic rings. The first-order valence-corrected chi connectivity index (χ1v) is 13.7. The van der Waals surface area contributed by atoms with Gasteiger partial charge in [-0.25, -0.2) is 14.6 Å². The Morgan fingerprint density at radius 2 is 1.83 bits per heavy atom. The third-order valence-corrected chi connectivity index (χ3v) is 8.05. The molecule has 0 saturated carbocycles. The summed E-state index contributed by atoms with van der Waals surface area (Å²) in [6.45, 7) is 5.70. The molecule has 0 aliphatic carbocycles. The summed E-state index contributed by atoms with van der Waals surface area (Å²) in [6.07, 6.45) is 3.00. The van der Waals surface area contributed by atoms with E-state index in [-0.39, 0.29) is 39.6 Å². The van der Waals surface area contributed by atoms with E-state index in [0.29, 0.717) is 27.3 Å². The second kappa shape index (κ2) is 10.6. The number of amides is 1. The molecule has 2 aromatic heterocycles. The Labute approximate surface area is 242 Å². The molecule has 10 nitrogen and oxygen atoms in total. The van der Waals surface area contributed by atoms with Crippen molar-refractivity contribution >= 4 is 40.4 Å². The van der Waals surface area contributed by atoms with Crippen LogP contribution < -0.4 is 24.5 Å². The summed E-state index contributed by atoms with van der Waals surface area (Å²) in [5.41, 5.74) is 2.23. The molecular formula is C31H23N3O7S. The van der Waals surface area contributed by atoms with Gasteiger partial charge in [0, 0.05) is 12.1 Å². The van der Waals surface area contributed by atoms with Gasteiger partial charge in [0.25, 0.3) is 11.5 Å². The molecular weight excluding hydrogens is 558 g/mol. The summed E-state index contributed by atoms with van der Waals surface area (Å²) < 4.78 is 17.2. The van der Waals surface area contributed by atoms with Crippen LogP contribution in [0.1, 0.15) is 34.6 Å². The monoisotopic (exact) mass is 581 g/mol. The van der Waals surface area contributed by atoms with E-state index >= 15 is 0 Å². The number of methoxy groups -OCH3 is 1. The Balaban J connectivity index is 1.51. The molecule has 4 aromatic rings. The lowest BCUT2D eigenvalue weighted by Crippen LogP contribution is -2.40. The van der Waals surface area contributed by atoms with Gasteiger partial charge in [0.2, 0.25) is 5.76 Å². The minimum absolute atomic E-state index is 0.0497. The molecule has 11 heteroatoms. The first-order chi connectivity index (χ1) is 20.3. The average Bonchev–Trinajstić information content (AvgIpc) is 3.70. The molecule has 2 aliphatic heterocycles. The van der Waals surface area contributed by atoms with Crippen molar-refractivity contribution in [2.75, 3.05) is 18.6 Å². The molecule has 0 N–H and O–H groups in total. The van der Waals surface area contributed by atoms with E-state index in [1.807, 2.05) is 18.2 Å². The van der Waals surface area contributed by atoms with Crippen LogP contribution in [0.2, 0.25) is 0 Å². The normalized spacial score (nSPS) is 17.0. The molecule has 0 saturated heterocycles. The number of fused-ring (bicyclic) bond motifs is 2. The summed E-state index contributed by atoms with van der Waals surface area (Å²) >= 11 is 1.09. The zero-order valence-electron chi connectivity index (χ0n) is 22.5. The number of rotatable bonds is 6. The van der Waals surface area contributed by atoms with Crippen LogP contribution in [0.4, 0.5) is 5.69 Å². The van der Waals surface area contributed by atoms with E-state index in [2.05, 4.69) is 11.6 Å². The minimum Gasteiger partial charge on any atom is -0.466 e. The van der Waals surface area contributed by atoms with Gasteiger partial charge in [-0.2, -0.15) is 0 Å². The number of allylic oxidation sites excluding steroid dienone is 1. The number of aromatic nitrogens is 1. The number of carbonyl (C=O) groups excluding carboxylic acids is 3. The third-order valence-electron chi connectivity index (χ3n) is 6.99. The van der Waals surface area contributed by atoms with E-state index in [9.17, 15) is 19.2 Å². The maximum Gasteiger partial charge on any atom is 0.379 e. The SMILES string of the molecule is C=CCN1C(=O)C(=c2sc3n(c2=O)[C@H](c2ccc(OC(=O)c4ccco4)cc2)C(C(=O)OC)=C(C)N=3)c2ccccc21. The molecule has 0 radical (unpaired) electrons. The number of hydrogen-bond donors (Lipinski definition) is 0. The van der Waals surface area contributed by atoms with Gasteiger partial charge in [0.05, 0.1) is 41.9 Å². The van der Waals surface area contributed by atoms with Crippen molar-refractivity contribution in [3.05, 3.63) is 127 Å². The van der Waals surface area contributed by atoms with E-state index in [4.69, 9.17) is 13.9 Å². The predicted molar refractivity (Wildman–Crippen MR) is 154 cm³/mol. The summed E-state index contributed by atoms with van der Waals surface area (Å²) in [7, 11) is 1.26. The molecule has 2 aromatic carbocycles. The van der Waals surface area contributed by atoms with Gasteiger partial charge in [-0.15, -0.1) is 6.58 Å². The maximum absolute atomic E-state index is 14.2. The molecule has 42 heavy (non-hydrogen) atoms. The number of furan rings is 1. The quantitative estimate of drug-likeness (QED) is 0.195. The fourth-order valence-corrected chi connectivity index (χ4v) is 6.28. The number of benzene rings is 2. The first kappa shape index (κ1) is 26.9. The van der Waals surface area contributed by atoms with Gasteiger partial charge >= 0.3 is 11.9 Å². The van der Waals surface area contributed by atoms with Crippen LogP contribution in [-0.4, -0.2) is 36.1 Å². The second-order valence-corrected chi connectivity index (χ2v) is 10.4. The fraction of sp³-hybridized carbons (Fsp3) is 0.129. The lowest BCUT2D eigenvalue weighted by molar-refractivity contribution is -0.136.